The maximum atomic E-state index is 12.1. The van der Waals surface area contributed by atoms with Crippen LogP contribution in [0.3, 0.4) is 0 Å². The van der Waals surface area contributed by atoms with Gasteiger partial charge in [0.15, 0.2) is 0 Å². The van der Waals surface area contributed by atoms with Gasteiger partial charge < -0.3 is 5.32 Å². The summed E-state index contributed by atoms with van der Waals surface area (Å²) in [5.74, 6) is -1.18. The molecule has 1 aliphatic heterocycles. The molecule has 0 bridgehead atoms. The van der Waals surface area contributed by atoms with Crippen LogP contribution in [0.15, 0.2) is 12.5 Å². The highest BCUT2D eigenvalue weighted by Gasteiger charge is 2.28. The molecule has 2 heterocycles. The molecule has 0 saturated carbocycles. The van der Waals surface area contributed by atoms with Crippen molar-refractivity contribution >= 4 is 17.7 Å². The molecule has 1 aromatic heterocycles. The summed E-state index contributed by atoms with van der Waals surface area (Å²) in [7, 11) is 0. The maximum Gasteiger partial charge on any atom is 0.255 e. The second-order valence-electron chi connectivity index (χ2n) is 4.21. The van der Waals surface area contributed by atoms with Gasteiger partial charge in [0.05, 0.1) is 11.3 Å². The van der Waals surface area contributed by atoms with Crippen molar-refractivity contribution < 1.29 is 14.4 Å². The highest BCUT2D eigenvalue weighted by atomic mass is 16.2. The average molecular weight is 262 g/mol. The molecule has 1 aliphatic rings. The Hall–Kier alpha value is -2.31. The number of imide groups is 1. The largest absolute Gasteiger partial charge is 0.340 e. The summed E-state index contributed by atoms with van der Waals surface area (Å²) in [6, 6.07) is -0.685. The minimum atomic E-state index is -0.685. The third-order valence-corrected chi connectivity index (χ3v) is 2.92. The van der Waals surface area contributed by atoms with Crippen molar-refractivity contribution in [3.05, 3.63) is 23.8 Å². The molecule has 1 unspecified atom stereocenters. The van der Waals surface area contributed by atoms with Crippen molar-refractivity contribution in [3.63, 3.8) is 0 Å². The fraction of sp³-hybridized carbons (Fsp3) is 0.417. The molecule has 7 nitrogen and oxygen atoms in total. The first-order valence-electron chi connectivity index (χ1n) is 6.05. The van der Waals surface area contributed by atoms with Gasteiger partial charge >= 0.3 is 0 Å². The molecule has 0 aromatic carbocycles. The van der Waals surface area contributed by atoms with Crippen molar-refractivity contribution in [3.8, 4) is 0 Å². The van der Waals surface area contributed by atoms with Crippen LogP contribution >= 0.6 is 0 Å². The molecule has 1 aromatic rings. The molecular formula is C12H14N4O3. The van der Waals surface area contributed by atoms with Crippen molar-refractivity contribution in [1.82, 2.24) is 20.6 Å². The Kier molecular flexibility index (Phi) is 3.84. The minimum Gasteiger partial charge on any atom is -0.340 e. The van der Waals surface area contributed by atoms with Crippen LogP contribution in [0.2, 0.25) is 0 Å². The first-order valence-corrected chi connectivity index (χ1v) is 6.05. The van der Waals surface area contributed by atoms with Gasteiger partial charge in [-0.25, -0.2) is 9.97 Å². The second-order valence-corrected chi connectivity index (χ2v) is 4.21. The van der Waals surface area contributed by atoms with Gasteiger partial charge in [0.1, 0.15) is 12.4 Å². The maximum absolute atomic E-state index is 12.1. The lowest BCUT2D eigenvalue weighted by molar-refractivity contribution is -0.134. The fourth-order valence-corrected chi connectivity index (χ4v) is 1.89. The lowest BCUT2D eigenvalue weighted by Crippen LogP contribution is -2.52. The first kappa shape index (κ1) is 13.1. The van der Waals surface area contributed by atoms with Crippen molar-refractivity contribution in [2.45, 2.75) is 32.2 Å². The Morgan fingerprint density at radius 1 is 1.53 bits per heavy atom. The third-order valence-electron chi connectivity index (χ3n) is 2.92. The number of carbonyl (C=O) groups is 3. The van der Waals surface area contributed by atoms with E-state index in [0.29, 0.717) is 24.1 Å². The van der Waals surface area contributed by atoms with Crippen molar-refractivity contribution in [1.29, 1.82) is 0 Å². The van der Waals surface area contributed by atoms with E-state index in [1.54, 1.807) is 0 Å². The second kappa shape index (κ2) is 5.55. The van der Waals surface area contributed by atoms with Gasteiger partial charge in [0.2, 0.25) is 11.8 Å². The Labute approximate surface area is 109 Å². The molecule has 0 radical (unpaired) electrons. The molecule has 0 spiro atoms. The average Bonchev–Trinajstić information content (AvgIpc) is 2.41. The van der Waals surface area contributed by atoms with E-state index in [9.17, 15) is 14.4 Å². The number of aryl methyl sites for hydroxylation is 1. The van der Waals surface area contributed by atoms with Gasteiger partial charge in [-0.2, -0.15) is 0 Å². The highest BCUT2D eigenvalue weighted by Crippen LogP contribution is 2.08. The van der Waals surface area contributed by atoms with E-state index in [2.05, 4.69) is 20.6 Å². The topological polar surface area (TPSA) is 101 Å². The summed E-state index contributed by atoms with van der Waals surface area (Å²) in [4.78, 5) is 42.5. The Bertz CT molecular complexity index is 529. The van der Waals surface area contributed by atoms with Crippen LogP contribution in [-0.2, 0) is 16.0 Å². The van der Waals surface area contributed by atoms with E-state index in [4.69, 9.17) is 0 Å². The number of nitrogens with zero attached hydrogens (tertiary/aromatic N) is 2. The normalized spacial score (nSPS) is 18.9. The zero-order valence-electron chi connectivity index (χ0n) is 10.5. The molecule has 7 heteroatoms. The summed E-state index contributed by atoms with van der Waals surface area (Å²) < 4.78 is 0. The van der Waals surface area contributed by atoms with Crippen LogP contribution in [0.1, 0.15) is 35.8 Å². The number of rotatable bonds is 3. The van der Waals surface area contributed by atoms with Crippen LogP contribution in [-0.4, -0.2) is 33.7 Å². The van der Waals surface area contributed by atoms with Crippen LogP contribution < -0.4 is 10.6 Å². The zero-order chi connectivity index (χ0) is 13.8. The predicted molar refractivity (Wildman–Crippen MR) is 65.0 cm³/mol. The Morgan fingerprint density at radius 2 is 2.32 bits per heavy atom. The summed E-state index contributed by atoms with van der Waals surface area (Å²) in [5, 5.41) is 4.79. The number of hydrogen-bond acceptors (Lipinski definition) is 5. The summed E-state index contributed by atoms with van der Waals surface area (Å²) in [6.07, 6.45) is 3.93. The molecule has 1 atom stereocenters. The smallest absolute Gasteiger partial charge is 0.255 e. The van der Waals surface area contributed by atoms with E-state index < -0.39 is 17.9 Å². The van der Waals surface area contributed by atoms with E-state index in [-0.39, 0.29) is 12.3 Å². The van der Waals surface area contributed by atoms with E-state index in [0.717, 1.165) is 0 Å². The van der Waals surface area contributed by atoms with E-state index >= 15 is 0 Å². The molecule has 1 saturated heterocycles. The lowest BCUT2D eigenvalue weighted by Gasteiger charge is -2.22. The number of hydrogen-bond donors (Lipinski definition) is 2. The first-order chi connectivity index (χ1) is 9.11. The quantitative estimate of drug-likeness (QED) is 0.720. The minimum absolute atomic E-state index is 0.225. The van der Waals surface area contributed by atoms with Crippen LogP contribution in [0.4, 0.5) is 0 Å². The van der Waals surface area contributed by atoms with Crippen molar-refractivity contribution in [2.75, 3.05) is 0 Å². The molecule has 100 valence electrons. The summed E-state index contributed by atoms with van der Waals surface area (Å²) in [6.45, 7) is 1.88. The van der Waals surface area contributed by atoms with E-state index in [1.807, 2.05) is 6.92 Å². The van der Waals surface area contributed by atoms with Crippen LogP contribution in [0, 0.1) is 0 Å². The van der Waals surface area contributed by atoms with Gasteiger partial charge in [-0.05, 0) is 12.8 Å². The van der Waals surface area contributed by atoms with Gasteiger partial charge in [0, 0.05) is 12.6 Å². The van der Waals surface area contributed by atoms with E-state index in [1.165, 1.54) is 12.5 Å². The monoisotopic (exact) mass is 262 g/mol. The SMILES string of the molecule is CCc1ncncc1C(=O)NC1CCC(=O)NC1=O. The number of nitrogens with one attached hydrogen (secondary N) is 2. The fourth-order valence-electron chi connectivity index (χ4n) is 1.89. The molecule has 2 rings (SSSR count). The lowest BCUT2D eigenvalue weighted by atomic mass is 10.1. The number of aromatic nitrogens is 2. The molecule has 1 fully saturated rings. The zero-order valence-corrected chi connectivity index (χ0v) is 10.5. The molecular weight excluding hydrogens is 248 g/mol. The highest BCUT2D eigenvalue weighted by molar-refractivity contribution is 6.03. The Morgan fingerprint density at radius 3 is 3.00 bits per heavy atom. The Balaban J connectivity index is 2.09. The van der Waals surface area contributed by atoms with Gasteiger partial charge in [-0.3, -0.25) is 19.7 Å². The van der Waals surface area contributed by atoms with Gasteiger partial charge in [0.25, 0.3) is 5.91 Å². The van der Waals surface area contributed by atoms with Crippen LogP contribution in [0.5, 0.6) is 0 Å². The number of carbonyl (C=O) groups excluding carboxylic acids is 3. The number of amides is 3. The third kappa shape index (κ3) is 2.93. The van der Waals surface area contributed by atoms with Gasteiger partial charge in [-0.15, -0.1) is 0 Å². The molecule has 3 amide bonds. The molecule has 2 N–H and O–H groups in total. The predicted octanol–water partition coefficient (Wildman–Crippen LogP) is -0.426. The van der Waals surface area contributed by atoms with Gasteiger partial charge in [-0.1, -0.05) is 6.92 Å². The van der Waals surface area contributed by atoms with Crippen LogP contribution in [0.25, 0.3) is 0 Å². The van der Waals surface area contributed by atoms with Crippen molar-refractivity contribution in [2.24, 2.45) is 0 Å². The molecule has 0 aliphatic carbocycles. The standard InChI is InChI=1S/C12H14N4O3/c1-2-8-7(5-13-6-14-8)11(18)15-9-3-4-10(17)16-12(9)19/h5-6,9H,2-4H2,1H3,(H,15,18)(H,16,17,19). The summed E-state index contributed by atoms with van der Waals surface area (Å²) >= 11 is 0. The molecule has 19 heavy (non-hydrogen) atoms. The summed E-state index contributed by atoms with van der Waals surface area (Å²) in [5.41, 5.74) is 0.981. The number of piperidine rings is 1.